The first-order valence-electron chi connectivity index (χ1n) is 9.53. The maximum absolute atomic E-state index is 6.08. The Labute approximate surface area is 168 Å². The van der Waals surface area contributed by atoms with E-state index < -0.39 is 0 Å². The lowest BCUT2D eigenvalue weighted by atomic mass is 9.82. The van der Waals surface area contributed by atoms with Gasteiger partial charge >= 0.3 is 0 Å². The Kier molecular flexibility index (Phi) is 6.17. The normalized spacial score (nSPS) is 37.1. The van der Waals surface area contributed by atoms with Crippen LogP contribution in [-0.2, 0) is 9.47 Å². The Morgan fingerprint density at radius 1 is 1.20 bits per heavy atom. The number of nitrogens with zero attached hydrogens (tertiary/aromatic N) is 3. The molecule has 0 aromatic heterocycles. The molecule has 0 aromatic rings. The summed E-state index contributed by atoms with van der Waals surface area (Å²) in [6, 6.07) is 0. The van der Waals surface area contributed by atoms with Gasteiger partial charge in [0.25, 0.3) is 0 Å². The molecule has 7 heteroatoms. The van der Waals surface area contributed by atoms with Crippen molar-refractivity contribution in [2.75, 3.05) is 52.9 Å². The highest BCUT2D eigenvalue weighted by Crippen LogP contribution is 2.47. The smallest absolute Gasteiger partial charge is 0.193 e. The molecule has 4 rings (SSSR count). The van der Waals surface area contributed by atoms with Crippen molar-refractivity contribution in [3.63, 3.8) is 0 Å². The number of hydrogen-bond donors (Lipinski definition) is 1. The molecule has 4 heterocycles. The Bertz CT molecular complexity index is 483. The minimum Gasteiger partial charge on any atom is -0.374 e. The van der Waals surface area contributed by atoms with Crippen molar-refractivity contribution in [1.82, 2.24) is 15.1 Å². The van der Waals surface area contributed by atoms with Crippen molar-refractivity contribution in [1.29, 1.82) is 0 Å². The fourth-order valence-corrected chi connectivity index (χ4v) is 5.10. The average Bonchev–Trinajstić information content (AvgIpc) is 3.22. The SMILES string of the molecule is CN=C(NCCN1CCOC(C)(C)C1)N1CC2C3CCC(O3)C2C1.I. The number of nitrogens with one attached hydrogen (secondary N) is 1. The van der Waals surface area contributed by atoms with E-state index in [4.69, 9.17) is 9.47 Å². The second-order valence-electron chi connectivity index (χ2n) is 8.38. The maximum Gasteiger partial charge on any atom is 0.193 e. The predicted octanol–water partition coefficient (Wildman–Crippen LogP) is 1.40. The van der Waals surface area contributed by atoms with Gasteiger partial charge in [-0.2, -0.15) is 0 Å². The van der Waals surface area contributed by atoms with Crippen LogP contribution in [-0.4, -0.2) is 86.5 Å². The molecule has 4 saturated heterocycles. The number of aliphatic imine (C=N–C) groups is 1. The van der Waals surface area contributed by atoms with Crippen LogP contribution in [0.1, 0.15) is 26.7 Å². The van der Waals surface area contributed by atoms with E-state index in [0.29, 0.717) is 12.2 Å². The van der Waals surface area contributed by atoms with Crippen molar-refractivity contribution >= 4 is 29.9 Å². The fraction of sp³-hybridized carbons (Fsp3) is 0.944. The van der Waals surface area contributed by atoms with Gasteiger partial charge in [0.15, 0.2) is 5.96 Å². The van der Waals surface area contributed by atoms with Gasteiger partial charge in [0.05, 0.1) is 24.4 Å². The molecule has 0 aromatic carbocycles. The van der Waals surface area contributed by atoms with E-state index in [1.807, 2.05) is 7.05 Å². The molecule has 0 amide bonds. The summed E-state index contributed by atoms with van der Waals surface area (Å²) < 4.78 is 11.9. The first kappa shape index (κ1) is 19.6. The summed E-state index contributed by atoms with van der Waals surface area (Å²) in [5.41, 5.74) is -0.0222. The van der Waals surface area contributed by atoms with Gasteiger partial charge in [0.2, 0.25) is 0 Å². The highest BCUT2D eigenvalue weighted by molar-refractivity contribution is 14.0. The van der Waals surface area contributed by atoms with Gasteiger partial charge in [-0.25, -0.2) is 0 Å². The summed E-state index contributed by atoms with van der Waals surface area (Å²) in [7, 11) is 1.90. The molecule has 4 atom stereocenters. The van der Waals surface area contributed by atoms with Crippen molar-refractivity contribution in [2.24, 2.45) is 16.8 Å². The van der Waals surface area contributed by atoms with Crippen LogP contribution in [0.3, 0.4) is 0 Å². The van der Waals surface area contributed by atoms with Gasteiger partial charge < -0.3 is 19.7 Å². The highest BCUT2D eigenvalue weighted by atomic mass is 127. The molecule has 2 bridgehead atoms. The van der Waals surface area contributed by atoms with Crippen LogP contribution in [0.2, 0.25) is 0 Å². The van der Waals surface area contributed by atoms with E-state index in [-0.39, 0.29) is 29.6 Å². The van der Waals surface area contributed by atoms with E-state index in [2.05, 4.69) is 34.0 Å². The molecule has 0 radical (unpaired) electrons. The first-order valence-corrected chi connectivity index (χ1v) is 9.53. The van der Waals surface area contributed by atoms with Crippen molar-refractivity contribution in [3.8, 4) is 0 Å². The van der Waals surface area contributed by atoms with Crippen LogP contribution in [0.4, 0.5) is 0 Å². The lowest BCUT2D eigenvalue weighted by Crippen LogP contribution is -2.51. The molecule has 25 heavy (non-hydrogen) atoms. The number of ether oxygens (including phenoxy) is 2. The van der Waals surface area contributed by atoms with Crippen LogP contribution in [0.15, 0.2) is 4.99 Å². The molecule has 4 aliphatic heterocycles. The van der Waals surface area contributed by atoms with Crippen LogP contribution >= 0.6 is 24.0 Å². The molecule has 144 valence electrons. The largest absolute Gasteiger partial charge is 0.374 e. The summed E-state index contributed by atoms with van der Waals surface area (Å²) >= 11 is 0. The van der Waals surface area contributed by atoms with Crippen molar-refractivity contribution in [2.45, 2.75) is 44.5 Å². The molecule has 4 fully saturated rings. The number of fused-ring (bicyclic) bond motifs is 5. The topological polar surface area (TPSA) is 49.3 Å². The zero-order valence-electron chi connectivity index (χ0n) is 15.7. The Hall–Kier alpha value is -0.120. The Morgan fingerprint density at radius 3 is 2.48 bits per heavy atom. The van der Waals surface area contributed by atoms with Crippen LogP contribution in [0, 0.1) is 11.8 Å². The number of likely N-dealkylation sites (tertiary alicyclic amines) is 1. The van der Waals surface area contributed by atoms with Gasteiger partial charge in [-0.3, -0.25) is 9.89 Å². The zero-order chi connectivity index (χ0) is 16.7. The molecular weight excluding hydrogens is 431 g/mol. The molecule has 4 unspecified atom stereocenters. The second kappa shape index (κ2) is 7.86. The van der Waals surface area contributed by atoms with Crippen molar-refractivity contribution < 1.29 is 9.47 Å². The summed E-state index contributed by atoms with van der Waals surface area (Å²) in [5, 5.41) is 3.58. The second-order valence-corrected chi connectivity index (χ2v) is 8.38. The monoisotopic (exact) mass is 464 g/mol. The highest BCUT2D eigenvalue weighted by Gasteiger charge is 2.53. The van der Waals surface area contributed by atoms with Crippen LogP contribution in [0.5, 0.6) is 0 Å². The van der Waals surface area contributed by atoms with Gasteiger partial charge in [0.1, 0.15) is 0 Å². The van der Waals surface area contributed by atoms with Gasteiger partial charge in [0, 0.05) is 58.2 Å². The molecule has 0 saturated carbocycles. The predicted molar refractivity (Wildman–Crippen MR) is 110 cm³/mol. The van der Waals surface area contributed by atoms with E-state index >= 15 is 0 Å². The van der Waals surface area contributed by atoms with E-state index in [9.17, 15) is 0 Å². The zero-order valence-corrected chi connectivity index (χ0v) is 18.1. The third-order valence-corrected chi connectivity index (χ3v) is 6.18. The minimum atomic E-state index is -0.0222. The molecule has 1 N–H and O–H groups in total. The van der Waals surface area contributed by atoms with Crippen molar-refractivity contribution in [3.05, 3.63) is 0 Å². The standard InChI is InChI=1S/C18H32N4O2.HI/c1-18(2)12-21(8-9-23-18)7-6-20-17(19-3)22-10-13-14(11-22)16-5-4-15(13)24-16;/h13-16H,4-12H2,1-3H3,(H,19,20);1H. The van der Waals surface area contributed by atoms with E-state index in [1.54, 1.807) is 0 Å². The summed E-state index contributed by atoms with van der Waals surface area (Å²) in [5.74, 6) is 2.51. The molecule has 4 aliphatic rings. The van der Waals surface area contributed by atoms with E-state index in [1.165, 1.54) is 12.8 Å². The lowest BCUT2D eigenvalue weighted by Gasteiger charge is -2.38. The third kappa shape index (κ3) is 4.09. The maximum atomic E-state index is 6.08. The number of rotatable bonds is 3. The number of halogens is 1. The number of hydrogen-bond acceptors (Lipinski definition) is 4. The Balaban J connectivity index is 0.00000182. The lowest BCUT2D eigenvalue weighted by molar-refractivity contribution is -0.0852. The molecule has 0 aliphatic carbocycles. The Morgan fingerprint density at radius 2 is 1.88 bits per heavy atom. The van der Waals surface area contributed by atoms with Crippen LogP contribution in [0.25, 0.3) is 0 Å². The summed E-state index contributed by atoms with van der Waals surface area (Å²) in [4.78, 5) is 9.46. The number of morpholine rings is 1. The summed E-state index contributed by atoms with van der Waals surface area (Å²) in [6.07, 6.45) is 3.55. The number of guanidine groups is 1. The average molecular weight is 464 g/mol. The molecule has 0 spiro atoms. The van der Waals surface area contributed by atoms with Crippen LogP contribution < -0.4 is 5.32 Å². The third-order valence-electron chi connectivity index (χ3n) is 6.18. The quantitative estimate of drug-likeness (QED) is 0.389. The molecule has 6 nitrogen and oxygen atoms in total. The fourth-order valence-electron chi connectivity index (χ4n) is 5.10. The first-order chi connectivity index (χ1) is 11.6. The van der Waals surface area contributed by atoms with Gasteiger partial charge in [-0.05, 0) is 26.7 Å². The molecular formula is C18H33IN4O2. The van der Waals surface area contributed by atoms with Gasteiger partial charge in [-0.15, -0.1) is 24.0 Å². The minimum absolute atomic E-state index is 0. The van der Waals surface area contributed by atoms with E-state index in [0.717, 1.165) is 63.7 Å². The summed E-state index contributed by atoms with van der Waals surface area (Å²) in [6.45, 7) is 11.4. The van der Waals surface area contributed by atoms with Gasteiger partial charge in [-0.1, -0.05) is 0 Å².